The molecule has 5 nitrogen and oxygen atoms in total. The highest BCUT2D eigenvalue weighted by molar-refractivity contribution is 6.16. The molecule has 1 saturated heterocycles. The summed E-state index contributed by atoms with van der Waals surface area (Å²) in [6, 6.07) is 1.99. The maximum Gasteiger partial charge on any atom is 0.179 e. The van der Waals surface area contributed by atoms with E-state index < -0.39 is 0 Å². The highest BCUT2D eigenvalue weighted by Gasteiger charge is 2.21. The van der Waals surface area contributed by atoms with Gasteiger partial charge in [-0.25, -0.2) is 14.6 Å². The maximum atomic E-state index is 6.06. The first-order valence-electron chi connectivity index (χ1n) is 6.53. The van der Waals surface area contributed by atoms with E-state index in [-0.39, 0.29) is 0 Å². The molecule has 0 saturated carbocycles. The SMILES string of the molecule is Cc1ccnc2c1nc(CCl)n2N1CCN(C)CC1. The summed E-state index contributed by atoms with van der Waals surface area (Å²) in [7, 11) is 2.15. The van der Waals surface area contributed by atoms with E-state index in [0.29, 0.717) is 5.88 Å². The Balaban J connectivity index is 2.08. The van der Waals surface area contributed by atoms with Gasteiger partial charge in [0.05, 0.1) is 5.88 Å². The van der Waals surface area contributed by atoms with E-state index in [0.717, 1.165) is 48.7 Å². The van der Waals surface area contributed by atoms with Crippen LogP contribution in [0.3, 0.4) is 0 Å². The molecule has 0 amide bonds. The summed E-state index contributed by atoms with van der Waals surface area (Å²) in [5.74, 6) is 1.28. The molecule has 1 aliphatic heterocycles. The molecule has 6 heteroatoms. The van der Waals surface area contributed by atoms with Gasteiger partial charge >= 0.3 is 0 Å². The Labute approximate surface area is 117 Å². The largest absolute Gasteiger partial charge is 0.307 e. The van der Waals surface area contributed by atoms with Crippen LogP contribution in [0, 0.1) is 6.92 Å². The minimum Gasteiger partial charge on any atom is -0.307 e. The van der Waals surface area contributed by atoms with Crippen LogP contribution in [0.1, 0.15) is 11.4 Å². The molecule has 1 aliphatic rings. The van der Waals surface area contributed by atoms with E-state index in [4.69, 9.17) is 11.6 Å². The van der Waals surface area contributed by atoms with Crippen LogP contribution < -0.4 is 5.01 Å². The monoisotopic (exact) mass is 279 g/mol. The lowest BCUT2D eigenvalue weighted by molar-refractivity contribution is 0.287. The Hall–Kier alpha value is -1.33. The van der Waals surface area contributed by atoms with Gasteiger partial charge in [-0.2, -0.15) is 0 Å². The van der Waals surface area contributed by atoms with Crippen LogP contribution in [-0.4, -0.2) is 52.8 Å². The lowest BCUT2D eigenvalue weighted by Crippen LogP contribution is -2.50. The molecule has 0 radical (unpaired) electrons. The molecule has 0 aromatic carbocycles. The first-order chi connectivity index (χ1) is 9.20. The van der Waals surface area contributed by atoms with Crippen molar-refractivity contribution in [1.29, 1.82) is 0 Å². The summed E-state index contributed by atoms with van der Waals surface area (Å²) in [4.78, 5) is 11.5. The molecule has 19 heavy (non-hydrogen) atoms. The van der Waals surface area contributed by atoms with Crippen molar-refractivity contribution >= 4 is 22.8 Å². The Morgan fingerprint density at radius 2 is 2.00 bits per heavy atom. The second-order valence-electron chi connectivity index (χ2n) is 5.03. The fourth-order valence-corrected chi connectivity index (χ4v) is 2.68. The van der Waals surface area contributed by atoms with Crippen LogP contribution in [0.15, 0.2) is 12.3 Å². The average molecular weight is 280 g/mol. The number of aromatic nitrogens is 3. The minimum atomic E-state index is 0.405. The van der Waals surface area contributed by atoms with Crippen molar-refractivity contribution in [1.82, 2.24) is 19.5 Å². The fourth-order valence-electron chi connectivity index (χ4n) is 2.51. The van der Waals surface area contributed by atoms with Gasteiger partial charge in [-0.05, 0) is 25.6 Å². The average Bonchev–Trinajstić information content (AvgIpc) is 2.80. The molecule has 102 valence electrons. The van der Waals surface area contributed by atoms with Gasteiger partial charge < -0.3 is 9.91 Å². The van der Waals surface area contributed by atoms with Crippen LogP contribution in [0.4, 0.5) is 0 Å². The molecule has 2 aromatic rings. The molecule has 0 N–H and O–H groups in total. The molecule has 0 atom stereocenters. The van der Waals surface area contributed by atoms with Crippen molar-refractivity contribution < 1.29 is 0 Å². The predicted molar refractivity (Wildman–Crippen MR) is 77.3 cm³/mol. The summed E-state index contributed by atoms with van der Waals surface area (Å²) >= 11 is 6.06. The number of hydrogen-bond acceptors (Lipinski definition) is 4. The van der Waals surface area contributed by atoms with Gasteiger partial charge in [0.25, 0.3) is 0 Å². The molecule has 3 heterocycles. The summed E-state index contributed by atoms with van der Waals surface area (Å²) < 4.78 is 2.10. The fraction of sp³-hybridized carbons (Fsp3) is 0.538. The zero-order valence-corrected chi connectivity index (χ0v) is 12.1. The molecule has 0 spiro atoms. The van der Waals surface area contributed by atoms with Gasteiger partial charge in [-0.1, -0.05) is 0 Å². The molecule has 3 rings (SSSR count). The number of pyridine rings is 1. The smallest absolute Gasteiger partial charge is 0.179 e. The van der Waals surface area contributed by atoms with Crippen LogP contribution in [0.5, 0.6) is 0 Å². The third kappa shape index (κ3) is 2.17. The summed E-state index contributed by atoms with van der Waals surface area (Å²) in [5, 5.41) is 2.29. The Morgan fingerprint density at radius 3 is 2.68 bits per heavy atom. The van der Waals surface area contributed by atoms with Crippen molar-refractivity contribution in [3.63, 3.8) is 0 Å². The van der Waals surface area contributed by atoms with E-state index in [2.05, 4.69) is 38.5 Å². The summed E-state index contributed by atoms with van der Waals surface area (Å²) in [6.07, 6.45) is 1.84. The zero-order valence-electron chi connectivity index (χ0n) is 11.3. The number of piperazine rings is 1. The van der Waals surface area contributed by atoms with Gasteiger partial charge in [0, 0.05) is 32.4 Å². The first kappa shape index (κ1) is 12.7. The second-order valence-corrected chi connectivity index (χ2v) is 5.30. The Bertz CT molecular complexity index is 586. The van der Waals surface area contributed by atoms with E-state index in [1.807, 2.05) is 12.3 Å². The standard InChI is InChI=1S/C13H18ClN5/c1-10-3-4-15-13-12(10)16-11(9-14)19(13)18-7-5-17(2)6-8-18/h3-4H,5-9H2,1-2H3. The van der Waals surface area contributed by atoms with E-state index in [9.17, 15) is 0 Å². The number of nitrogens with zero attached hydrogens (tertiary/aromatic N) is 5. The molecular formula is C13H18ClN5. The van der Waals surface area contributed by atoms with Gasteiger partial charge in [0.1, 0.15) is 11.3 Å². The Kier molecular flexibility index (Phi) is 3.33. The maximum absolute atomic E-state index is 6.06. The van der Waals surface area contributed by atoms with Gasteiger partial charge in [0.2, 0.25) is 0 Å². The lowest BCUT2D eigenvalue weighted by atomic mass is 10.3. The van der Waals surface area contributed by atoms with Crippen LogP contribution in [0.25, 0.3) is 11.2 Å². The zero-order chi connectivity index (χ0) is 13.4. The van der Waals surface area contributed by atoms with Crippen LogP contribution >= 0.6 is 11.6 Å². The summed E-state index contributed by atoms with van der Waals surface area (Å²) in [5.41, 5.74) is 3.02. The predicted octanol–water partition coefficient (Wildman–Crippen LogP) is 1.36. The molecular weight excluding hydrogens is 262 g/mol. The number of imidazole rings is 1. The molecule has 0 aliphatic carbocycles. The molecule has 0 unspecified atom stereocenters. The van der Waals surface area contributed by atoms with Crippen molar-refractivity contribution in [3.8, 4) is 0 Å². The van der Waals surface area contributed by atoms with E-state index in [1.165, 1.54) is 0 Å². The number of likely N-dealkylation sites (N-methyl/N-ethyl adjacent to an activating group) is 1. The molecule has 2 aromatic heterocycles. The van der Waals surface area contributed by atoms with Gasteiger partial charge in [-0.15, -0.1) is 11.6 Å². The number of alkyl halides is 1. The van der Waals surface area contributed by atoms with Crippen LogP contribution in [-0.2, 0) is 5.88 Å². The number of rotatable bonds is 2. The topological polar surface area (TPSA) is 37.2 Å². The summed E-state index contributed by atoms with van der Waals surface area (Å²) in [6.45, 7) is 6.10. The Morgan fingerprint density at radius 1 is 1.26 bits per heavy atom. The van der Waals surface area contributed by atoms with Gasteiger partial charge in [-0.3, -0.25) is 0 Å². The third-order valence-electron chi connectivity index (χ3n) is 3.67. The molecule has 1 fully saturated rings. The minimum absolute atomic E-state index is 0.405. The first-order valence-corrected chi connectivity index (χ1v) is 7.07. The third-order valence-corrected chi connectivity index (χ3v) is 3.91. The van der Waals surface area contributed by atoms with Crippen LogP contribution in [0.2, 0.25) is 0 Å². The van der Waals surface area contributed by atoms with Crippen molar-refractivity contribution in [2.45, 2.75) is 12.8 Å². The van der Waals surface area contributed by atoms with Crippen molar-refractivity contribution in [2.75, 3.05) is 38.2 Å². The van der Waals surface area contributed by atoms with Gasteiger partial charge in [0.15, 0.2) is 5.65 Å². The molecule has 0 bridgehead atoms. The highest BCUT2D eigenvalue weighted by Crippen LogP contribution is 2.19. The quantitative estimate of drug-likeness (QED) is 0.778. The highest BCUT2D eigenvalue weighted by atomic mass is 35.5. The van der Waals surface area contributed by atoms with E-state index >= 15 is 0 Å². The second kappa shape index (κ2) is 4.98. The number of hydrogen-bond donors (Lipinski definition) is 0. The van der Waals surface area contributed by atoms with Crippen molar-refractivity contribution in [3.05, 3.63) is 23.7 Å². The number of fused-ring (bicyclic) bond motifs is 1. The van der Waals surface area contributed by atoms with E-state index in [1.54, 1.807) is 0 Å². The number of aryl methyl sites for hydroxylation is 1. The normalized spacial score (nSPS) is 17.3. The van der Waals surface area contributed by atoms with Crippen molar-refractivity contribution in [2.24, 2.45) is 0 Å². The number of halogens is 1. The lowest BCUT2D eigenvalue weighted by Gasteiger charge is -2.35.